The number of nitrogens with one attached hydrogen (secondary N) is 2. The van der Waals surface area contributed by atoms with Crippen molar-refractivity contribution in [2.75, 3.05) is 11.3 Å². The van der Waals surface area contributed by atoms with Crippen LogP contribution in [0.25, 0.3) is 0 Å². The van der Waals surface area contributed by atoms with Gasteiger partial charge in [0, 0.05) is 5.69 Å². The predicted molar refractivity (Wildman–Crippen MR) is 63.7 cm³/mol. The van der Waals surface area contributed by atoms with Crippen molar-refractivity contribution >= 4 is 15.9 Å². The maximum absolute atomic E-state index is 11.9. The first-order chi connectivity index (χ1) is 8.59. The Morgan fingerprint density at radius 1 is 1.26 bits per heavy atom. The Kier molecular flexibility index (Phi) is 4.77. The molecule has 1 rings (SSSR count). The van der Waals surface area contributed by atoms with Gasteiger partial charge in [-0.1, -0.05) is 12.1 Å². The Labute approximate surface area is 108 Å². The summed E-state index contributed by atoms with van der Waals surface area (Å²) in [5.41, 5.74) is 0.658. The van der Waals surface area contributed by atoms with Gasteiger partial charge in [0.25, 0.3) is 10.2 Å². The summed E-state index contributed by atoms with van der Waals surface area (Å²) >= 11 is 0. The van der Waals surface area contributed by atoms with E-state index in [1.165, 1.54) is 35.9 Å². The molecule has 0 amide bonds. The summed E-state index contributed by atoms with van der Waals surface area (Å²) < 4.78 is 61.5. The standard InChI is InChI=1S/C10H13F3N2O3S/c1-7(16)8-2-4-9(5-3-8)15-19(17,18)14-6-10(11,12)13/h2-5,7,14-16H,6H2,1H3. The molecule has 0 aliphatic heterocycles. The Balaban J connectivity index is 2.68. The van der Waals surface area contributed by atoms with Crippen LogP contribution < -0.4 is 9.44 Å². The number of anilines is 1. The molecule has 0 saturated carbocycles. The van der Waals surface area contributed by atoms with Crippen molar-refractivity contribution in [1.82, 2.24) is 4.72 Å². The Morgan fingerprint density at radius 2 is 1.79 bits per heavy atom. The van der Waals surface area contributed by atoms with Gasteiger partial charge in [0.15, 0.2) is 0 Å². The van der Waals surface area contributed by atoms with Crippen LogP contribution in [0.4, 0.5) is 18.9 Å². The summed E-state index contributed by atoms with van der Waals surface area (Å²) in [7, 11) is -4.28. The molecule has 1 aromatic rings. The third-order valence-corrected chi connectivity index (χ3v) is 3.14. The van der Waals surface area contributed by atoms with E-state index >= 15 is 0 Å². The number of halogens is 3. The van der Waals surface area contributed by atoms with E-state index in [-0.39, 0.29) is 5.69 Å². The van der Waals surface area contributed by atoms with E-state index < -0.39 is 29.0 Å². The average molecular weight is 298 g/mol. The molecule has 5 nitrogen and oxygen atoms in total. The molecule has 0 heterocycles. The normalized spacial score (nSPS) is 14.2. The Bertz CT molecular complexity index is 512. The molecule has 0 saturated heterocycles. The summed E-state index contributed by atoms with van der Waals surface area (Å²) in [6, 6.07) is 5.61. The molecule has 0 radical (unpaired) electrons. The van der Waals surface area contributed by atoms with E-state index in [2.05, 4.69) is 0 Å². The van der Waals surface area contributed by atoms with Crippen LogP contribution in [0.3, 0.4) is 0 Å². The molecule has 108 valence electrons. The van der Waals surface area contributed by atoms with E-state index in [4.69, 9.17) is 0 Å². The van der Waals surface area contributed by atoms with E-state index in [0.29, 0.717) is 5.56 Å². The molecule has 9 heteroatoms. The van der Waals surface area contributed by atoms with E-state index in [1.54, 1.807) is 0 Å². The second-order valence-electron chi connectivity index (χ2n) is 3.84. The van der Waals surface area contributed by atoms with Crippen LogP contribution in [0.5, 0.6) is 0 Å². The monoisotopic (exact) mass is 298 g/mol. The van der Waals surface area contributed by atoms with Crippen LogP contribution >= 0.6 is 0 Å². The van der Waals surface area contributed by atoms with Gasteiger partial charge in [0.1, 0.15) is 6.54 Å². The zero-order valence-electron chi connectivity index (χ0n) is 9.90. The number of aliphatic hydroxyl groups is 1. The fourth-order valence-electron chi connectivity index (χ4n) is 1.20. The fraction of sp³-hybridized carbons (Fsp3) is 0.400. The van der Waals surface area contributed by atoms with Crippen LogP contribution in [0.2, 0.25) is 0 Å². The predicted octanol–water partition coefficient (Wildman–Crippen LogP) is 1.55. The lowest BCUT2D eigenvalue weighted by atomic mass is 10.1. The van der Waals surface area contributed by atoms with Crippen LogP contribution in [-0.2, 0) is 10.2 Å². The van der Waals surface area contributed by atoms with Crippen molar-refractivity contribution in [1.29, 1.82) is 0 Å². The van der Waals surface area contributed by atoms with Crippen LogP contribution in [0, 0.1) is 0 Å². The highest BCUT2D eigenvalue weighted by Crippen LogP contribution is 2.17. The van der Waals surface area contributed by atoms with Gasteiger partial charge in [0.2, 0.25) is 0 Å². The highest BCUT2D eigenvalue weighted by atomic mass is 32.2. The molecule has 3 N–H and O–H groups in total. The third kappa shape index (κ3) is 5.90. The summed E-state index contributed by atoms with van der Waals surface area (Å²) in [4.78, 5) is 0. The second-order valence-corrected chi connectivity index (χ2v) is 5.34. The number of benzene rings is 1. The van der Waals surface area contributed by atoms with Crippen molar-refractivity contribution in [2.24, 2.45) is 0 Å². The summed E-state index contributed by atoms with van der Waals surface area (Å²) in [5.74, 6) is 0. The van der Waals surface area contributed by atoms with Crippen molar-refractivity contribution in [3.05, 3.63) is 29.8 Å². The summed E-state index contributed by atoms with van der Waals surface area (Å²) in [6.07, 6.45) is -5.33. The lowest BCUT2D eigenvalue weighted by molar-refractivity contribution is -0.121. The number of rotatable bonds is 5. The van der Waals surface area contributed by atoms with Gasteiger partial charge >= 0.3 is 6.18 Å². The first-order valence-corrected chi connectivity index (χ1v) is 6.69. The summed E-state index contributed by atoms with van der Waals surface area (Å²) in [5, 5.41) is 9.24. The molecule has 0 fully saturated rings. The van der Waals surface area contributed by atoms with Crippen molar-refractivity contribution in [3.63, 3.8) is 0 Å². The van der Waals surface area contributed by atoms with Crippen molar-refractivity contribution < 1.29 is 26.7 Å². The third-order valence-electron chi connectivity index (χ3n) is 2.11. The smallest absolute Gasteiger partial charge is 0.389 e. The average Bonchev–Trinajstić information content (AvgIpc) is 2.26. The highest BCUT2D eigenvalue weighted by Gasteiger charge is 2.29. The first kappa shape index (κ1) is 15.7. The zero-order chi connectivity index (χ0) is 14.7. The van der Waals surface area contributed by atoms with E-state index in [9.17, 15) is 26.7 Å². The van der Waals surface area contributed by atoms with Gasteiger partial charge in [-0.25, -0.2) is 0 Å². The second kappa shape index (κ2) is 5.76. The molecular weight excluding hydrogens is 285 g/mol. The molecular formula is C10H13F3N2O3S. The number of alkyl halides is 3. The van der Waals surface area contributed by atoms with Crippen LogP contribution in [-0.4, -0.2) is 26.2 Å². The van der Waals surface area contributed by atoms with E-state index in [0.717, 1.165) is 0 Å². The van der Waals surface area contributed by atoms with Gasteiger partial charge < -0.3 is 5.11 Å². The quantitative estimate of drug-likeness (QED) is 0.771. The van der Waals surface area contributed by atoms with E-state index in [1.807, 2.05) is 4.72 Å². The Hall–Kier alpha value is -1.32. The SMILES string of the molecule is CC(O)c1ccc(NS(=O)(=O)NCC(F)(F)F)cc1. The minimum absolute atomic E-state index is 0.0964. The first-order valence-electron chi connectivity index (χ1n) is 5.21. The van der Waals surface area contributed by atoms with Crippen molar-refractivity contribution in [3.8, 4) is 0 Å². The molecule has 0 aliphatic rings. The molecule has 19 heavy (non-hydrogen) atoms. The van der Waals surface area contributed by atoms with Crippen LogP contribution in [0.1, 0.15) is 18.6 Å². The highest BCUT2D eigenvalue weighted by molar-refractivity contribution is 7.90. The largest absolute Gasteiger partial charge is 0.402 e. The van der Waals surface area contributed by atoms with Crippen LogP contribution in [0.15, 0.2) is 24.3 Å². The topological polar surface area (TPSA) is 78.4 Å². The van der Waals surface area contributed by atoms with Gasteiger partial charge in [-0.05, 0) is 24.6 Å². The van der Waals surface area contributed by atoms with Crippen molar-refractivity contribution in [2.45, 2.75) is 19.2 Å². The van der Waals surface area contributed by atoms with Gasteiger partial charge in [-0.2, -0.15) is 26.3 Å². The maximum atomic E-state index is 11.9. The molecule has 1 aromatic carbocycles. The molecule has 0 bridgehead atoms. The fourth-order valence-corrected chi connectivity index (χ4v) is 2.07. The molecule has 1 unspecified atom stereocenters. The lowest BCUT2D eigenvalue weighted by Crippen LogP contribution is -2.37. The Morgan fingerprint density at radius 3 is 2.21 bits per heavy atom. The molecule has 1 atom stereocenters. The van der Waals surface area contributed by atoms with Gasteiger partial charge in [-0.3, -0.25) is 4.72 Å². The minimum atomic E-state index is -4.62. The number of aliphatic hydroxyl groups excluding tert-OH is 1. The van der Waals surface area contributed by atoms with Gasteiger partial charge in [0.05, 0.1) is 6.10 Å². The molecule has 0 spiro atoms. The van der Waals surface area contributed by atoms with Gasteiger partial charge in [-0.15, -0.1) is 0 Å². The minimum Gasteiger partial charge on any atom is -0.389 e. The maximum Gasteiger partial charge on any atom is 0.402 e. The summed E-state index contributed by atoms with van der Waals surface area (Å²) in [6.45, 7) is -0.113. The molecule has 0 aliphatic carbocycles. The number of hydrogen-bond donors (Lipinski definition) is 3. The lowest BCUT2D eigenvalue weighted by Gasteiger charge is -2.12. The molecule has 0 aromatic heterocycles. The zero-order valence-corrected chi connectivity index (χ0v) is 10.7. The number of hydrogen-bond acceptors (Lipinski definition) is 3.